The molecule has 7 heteroatoms. The number of benzene rings is 2. The Balaban J connectivity index is 2.40. The van der Waals surface area contributed by atoms with Crippen LogP contribution in [0.5, 0.6) is 11.5 Å². The van der Waals surface area contributed by atoms with Gasteiger partial charge in [-0.1, -0.05) is 11.6 Å². The van der Waals surface area contributed by atoms with Crippen molar-refractivity contribution in [2.75, 3.05) is 0 Å². The van der Waals surface area contributed by atoms with Crippen LogP contribution in [0.25, 0.3) is 0 Å². The Hall–Kier alpha value is -1.71. The van der Waals surface area contributed by atoms with Gasteiger partial charge in [0.05, 0.1) is 21.7 Å². The summed E-state index contributed by atoms with van der Waals surface area (Å²) in [5.74, 6) is 0.293. The van der Waals surface area contributed by atoms with E-state index < -0.39 is 17.3 Å². The Bertz CT molecular complexity index is 725. The average Bonchev–Trinajstić information content (AvgIpc) is 2.41. The Morgan fingerprint density at radius 3 is 2.43 bits per heavy atom. The van der Waals surface area contributed by atoms with Crippen molar-refractivity contribution in [2.45, 2.75) is 6.18 Å². The fourth-order valence-corrected chi connectivity index (χ4v) is 2.37. The van der Waals surface area contributed by atoms with Crippen LogP contribution in [-0.2, 0) is 6.18 Å². The molecule has 0 unspecified atom stereocenters. The number of hydrogen-bond donors (Lipinski definition) is 0. The van der Waals surface area contributed by atoms with Crippen molar-refractivity contribution in [3.63, 3.8) is 0 Å². The lowest BCUT2D eigenvalue weighted by molar-refractivity contribution is -0.137. The highest BCUT2D eigenvalue weighted by molar-refractivity contribution is 9.10. The quantitative estimate of drug-likeness (QED) is 0.665. The molecule has 2 aromatic carbocycles. The summed E-state index contributed by atoms with van der Waals surface area (Å²) < 4.78 is 44.5. The number of nitriles is 1. The lowest BCUT2D eigenvalue weighted by atomic mass is 10.1. The Morgan fingerprint density at radius 2 is 1.86 bits per heavy atom. The van der Waals surface area contributed by atoms with Gasteiger partial charge >= 0.3 is 6.18 Å². The Kier molecular flexibility index (Phi) is 4.45. The molecule has 0 amide bonds. The zero-order valence-electron chi connectivity index (χ0n) is 10.2. The second-order valence-corrected chi connectivity index (χ2v) is 5.28. The van der Waals surface area contributed by atoms with Crippen molar-refractivity contribution >= 4 is 27.5 Å². The largest absolute Gasteiger partial charge is 0.456 e. The van der Waals surface area contributed by atoms with E-state index in [1.165, 1.54) is 18.2 Å². The minimum Gasteiger partial charge on any atom is -0.456 e. The molecule has 2 aromatic rings. The normalized spacial score (nSPS) is 11.0. The van der Waals surface area contributed by atoms with Gasteiger partial charge in [0.25, 0.3) is 0 Å². The van der Waals surface area contributed by atoms with Crippen LogP contribution in [0.2, 0.25) is 5.02 Å². The highest BCUT2D eigenvalue weighted by Crippen LogP contribution is 2.37. The predicted molar refractivity (Wildman–Crippen MR) is 75.4 cm³/mol. The summed E-state index contributed by atoms with van der Waals surface area (Å²) in [4.78, 5) is 0. The molecule has 108 valence electrons. The second kappa shape index (κ2) is 5.96. The van der Waals surface area contributed by atoms with Gasteiger partial charge in [-0.25, -0.2) is 0 Å². The van der Waals surface area contributed by atoms with Gasteiger partial charge < -0.3 is 4.74 Å². The standard InChI is InChI=1S/C14H6BrClF3NO/c15-12-5-9(16)2-4-13(12)21-10-3-1-8(7-20)11(6-10)14(17,18)19/h1-6H. The first kappa shape index (κ1) is 15.7. The number of ether oxygens (including phenoxy) is 1. The van der Waals surface area contributed by atoms with Crippen LogP contribution in [0.1, 0.15) is 11.1 Å². The molecule has 0 bridgehead atoms. The maximum absolute atomic E-state index is 12.9. The molecular formula is C14H6BrClF3NO. The highest BCUT2D eigenvalue weighted by Gasteiger charge is 2.34. The van der Waals surface area contributed by atoms with Crippen LogP contribution in [-0.4, -0.2) is 0 Å². The van der Waals surface area contributed by atoms with Crippen LogP contribution < -0.4 is 4.74 Å². The number of alkyl halides is 3. The SMILES string of the molecule is N#Cc1ccc(Oc2ccc(Cl)cc2Br)cc1C(F)(F)F. The first-order chi connectivity index (χ1) is 9.81. The zero-order valence-corrected chi connectivity index (χ0v) is 12.6. The molecule has 0 atom stereocenters. The molecule has 0 aromatic heterocycles. The van der Waals surface area contributed by atoms with Gasteiger partial charge in [0.2, 0.25) is 0 Å². The van der Waals surface area contributed by atoms with Crippen LogP contribution in [0.15, 0.2) is 40.9 Å². The van der Waals surface area contributed by atoms with Crippen LogP contribution in [0, 0.1) is 11.3 Å². The molecule has 0 aliphatic heterocycles. The third-order valence-electron chi connectivity index (χ3n) is 2.54. The van der Waals surface area contributed by atoms with E-state index in [4.69, 9.17) is 21.6 Å². The van der Waals surface area contributed by atoms with E-state index >= 15 is 0 Å². The maximum atomic E-state index is 12.9. The third kappa shape index (κ3) is 3.69. The van der Waals surface area contributed by atoms with Gasteiger partial charge in [-0.05, 0) is 52.3 Å². The van der Waals surface area contributed by atoms with Gasteiger partial charge in [0, 0.05) is 5.02 Å². The minimum absolute atomic E-state index is 0.0238. The topological polar surface area (TPSA) is 33.0 Å². The van der Waals surface area contributed by atoms with Gasteiger partial charge in [-0.3, -0.25) is 0 Å². The second-order valence-electron chi connectivity index (χ2n) is 3.99. The molecule has 0 fully saturated rings. The molecule has 0 spiro atoms. The summed E-state index contributed by atoms with van der Waals surface area (Å²) >= 11 is 8.98. The Morgan fingerprint density at radius 1 is 1.14 bits per heavy atom. The van der Waals surface area contributed by atoms with E-state index in [2.05, 4.69) is 15.9 Å². The third-order valence-corrected chi connectivity index (χ3v) is 3.39. The smallest absolute Gasteiger partial charge is 0.417 e. The lowest BCUT2D eigenvalue weighted by Crippen LogP contribution is -2.07. The average molecular weight is 377 g/mol. The number of halogens is 5. The van der Waals surface area contributed by atoms with E-state index in [0.717, 1.165) is 12.1 Å². The van der Waals surface area contributed by atoms with Crippen molar-refractivity contribution in [3.8, 4) is 17.6 Å². The molecule has 0 heterocycles. The molecule has 0 aliphatic rings. The van der Waals surface area contributed by atoms with Crippen LogP contribution in [0.4, 0.5) is 13.2 Å². The predicted octanol–water partition coefficient (Wildman–Crippen LogP) is 5.79. The molecule has 2 rings (SSSR count). The molecular weight excluding hydrogens is 371 g/mol. The zero-order chi connectivity index (χ0) is 15.6. The van der Waals surface area contributed by atoms with Crippen LogP contribution in [0.3, 0.4) is 0 Å². The fraction of sp³-hybridized carbons (Fsp3) is 0.0714. The van der Waals surface area contributed by atoms with Crippen molar-refractivity contribution in [2.24, 2.45) is 0 Å². The monoisotopic (exact) mass is 375 g/mol. The van der Waals surface area contributed by atoms with Gasteiger partial charge in [0.15, 0.2) is 0 Å². The van der Waals surface area contributed by atoms with E-state index in [1.807, 2.05) is 0 Å². The first-order valence-electron chi connectivity index (χ1n) is 5.55. The van der Waals surface area contributed by atoms with Crippen molar-refractivity contribution in [1.29, 1.82) is 5.26 Å². The lowest BCUT2D eigenvalue weighted by Gasteiger charge is -2.12. The Labute approximate surface area is 131 Å². The minimum atomic E-state index is -4.62. The summed E-state index contributed by atoms with van der Waals surface area (Å²) in [6.07, 6.45) is -4.62. The van der Waals surface area contributed by atoms with Crippen LogP contribution >= 0.6 is 27.5 Å². The molecule has 21 heavy (non-hydrogen) atoms. The first-order valence-corrected chi connectivity index (χ1v) is 6.72. The molecule has 2 nitrogen and oxygen atoms in total. The molecule has 0 aliphatic carbocycles. The van der Waals surface area contributed by atoms with Crippen molar-refractivity contribution in [1.82, 2.24) is 0 Å². The molecule has 0 radical (unpaired) electrons. The summed E-state index contributed by atoms with van der Waals surface area (Å²) in [6.45, 7) is 0. The van der Waals surface area contributed by atoms with Crippen molar-refractivity contribution < 1.29 is 17.9 Å². The summed E-state index contributed by atoms with van der Waals surface area (Å²) in [5.41, 5.74) is -1.49. The molecule has 0 saturated carbocycles. The van der Waals surface area contributed by atoms with E-state index in [0.29, 0.717) is 15.2 Å². The molecule has 0 saturated heterocycles. The highest BCUT2D eigenvalue weighted by atomic mass is 79.9. The van der Waals surface area contributed by atoms with E-state index in [-0.39, 0.29) is 5.75 Å². The van der Waals surface area contributed by atoms with Gasteiger partial charge in [-0.15, -0.1) is 0 Å². The number of hydrogen-bond acceptors (Lipinski definition) is 2. The number of nitrogens with zero attached hydrogens (tertiary/aromatic N) is 1. The van der Waals surface area contributed by atoms with Gasteiger partial charge in [0.1, 0.15) is 11.5 Å². The molecule has 0 N–H and O–H groups in total. The van der Waals surface area contributed by atoms with Gasteiger partial charge in [-0.2, -0.15) is 18.4 Å². The maximum Gasteiger partial charge on any atom is 0.417 e. The van der Waals surface area contributed by atoms with E-state index in [9.17, 15) is 13.2 Å². The van der Waals surface area contributed by atoms with E-state index in [1.54, 1.807) is 12.1 Å². The summed E-state index contributed by atoms with van der Waals surface area (Å²) in [7, 11) is 0. The fourth-order valence-electron chi connectivity index (χ4n) is 1.60. The number of rotatable bonds is 2. The summed E-state index contributed by atoms with van der Waals surface area (Å²) in [5, 5.41) is 9.19. The van der Waals surface area contributed by atoms with Crippen molar-refractivity contribution in [3.05, 3.63) is 57.0 Å². The summed E-state index contributed by atoms with van der Waals surface area (Å²) in [6, 6.07) is 9.31.